The van der Waals surface area contributed by atoms with Crippen molar-refractivity contribution in [3.63, 3.8) is 0 Å². The molecule has 0 aliphatic carbocycles. The number of nitrogens with one attached hydrogen (secondary N) is 1. The van der Waals surface area contributed by atoms with Crippen LogP contribution < -0.4 is 10.1 Å². The van der Waals surface area contributed by atoms with Crippen molar-refractivity contribution < 1.29 is 33.3 Å². The van der Waals surface area contributed by atoms with Crippen molar-refractivity contribution in [3.05, 3.63) is 66.6 Å². The molecule has 1 amide bonds. The fourth-order valence-electron chi connectivity index (χ4n) is 4.07. The van der Waals surface area contributed by atoms with Gasteiger partial charge in [-0.05, 0) is 23.6 Å². The summed E-state index contributed by atoms with van der Waals surface area (Å²) in [7, 11) is 0. The van der Waals surface area contributed by atoms with Crippen molar-refractivity contribution in [2.75, 3.05) is 6.61 Å². The molecular weight excluding hydrogens is 402 g/mol. The van der Waals surface area contributed by atoms with Crippen molar-refractivity contribution in [1.29, 1.82) is 0 Å². The van der Waals surface area contributed by atoms with E-state index in [1.54, 1.807) is 12.1 Å². The number of fused-ring (bicyclic) bond motifs is 2. The van der Waals surface area contributed by atoms with Crippen molar-refractivity contribution in [1.82, 2.24) is 5.32 Å². The van der Waals surface area contributed by atoms with E-state index in [-0.39, 0.29) is 12.5 Å². The summed E-state index contributed by atoms with van der Waals surface area (Å²) < 4.78 is 29.3. The first kappa shape index (κ1) is 20.0. The molecule has 2 aliphatic heterocycles. The number of hydrogen-bond donors (Lipinski definition) is 2. The predicted octanol–water partition coefficient (Wildman–Crippen LogP) is 2.52. The monoisotopic (exact) mass is 425 g/mol. The smallest absolute Gasteiger partial charge is 0.223 e. The van der Waals surface area contributed by atoms with Gasteiger partial charge in [0.1, 0.15) is 30.1 Å². The summed E-state index contributed by atoms with van der Waals surface area (Å²) in [6.07, 6.45) is -2.56. The molecule has 0 spiro atoms. The number of aliphatic hydroxyl groups is 1. The Morgan fingerprint density at radius 2 is 1.94 bits per heavy atom. The summed E-state index contributed by atoms with van der Waals surface area (Å²) >= 11 is 0. The lowest BCUT2D eigenvalue weighted by molar-refractivity contribution is -0.336. The van der Waals surface area contributed by atoms with Crippen LogP contribution in [-0.4, -0.2) is 48.3 Å². The number of hydrogen-bond acceptors (Lipinski definition) is 7. The summed E-state index contributed by atoms with van der Waals surface area (Å²) in [6, 6.07) is 16.1. The molecule has 2 aromatic carbocycles. The van der Waals surface area contributed by atoms with Gasteiger partial charge in [-0.1, -0.05) is 36.4 Å². The van der Waals surface area contributed by atoms with Crippen LogP contribution in [0.5, 0.6) is 5.75 Å². The molecule has 3 aromatic rings. The maximum atomic E-state index is 11.9. The second kappa shape index (κ2) is 8.32. The van der Waals surface area contributed by atoms with Gasteiger partial charge in [-0.2, -0.15) is 0 Å². The number of carbonyl (C=O) groups excluding carboxylic acids is 1. The molecule has 0 saturated carbocycles. The Labute approximate surface area is 178 Å². The van der Waals surface area contributed by atoms with Crippen molar-refractivity contribution >= 4 is 16.7 Å². The molecule has 8 heteroatoms. The van der Waals surface area contributed by atoms with Crippen LogP contribution in [0.4, 0.5) is 0 Å². The maximum absolute atomic E-state index is 11.9. The van der Waals surface area contributed by atoms with Crippen molar-refractivity contribution in [2.45, 2.75) is 43.9 Å². The van der Waals surface area contributed by atoms with Gasteiger partial charge >= 0.3 is 0 Å². The first-order chi connectivity index (χ1) is 15.1. The van der Waals surface area contributed by atoms with Crippen LogP contribution in [0.3, 0.4) is 0 Å². The van der Waals surface area contributed by atoms with Gasteiger partial charge in [0.25, 0.3) is 0 Å². The number of benzene rings is 2. The molecule has 8 nitrogen and oxygen atoms in total. The molecule has 0 unspecified atom stereocenters. The van der Waals surface area contributed by atoms with Crippen LogP contribution in [0.25, 0.3) is 10.8 Å². The van der Waals surface area contributed by atoms with Gasteiger partial charge in [0, 0.05) is 12.3 Å². The fraction of sp³-hybridized carbons (Fsp3) is 0.348. The largest absolute Gasteiger partial charge is 0.464 e. The van der Waals surface area contributed by atoms with E-state index >= 15 is 0 Å². The van der Waals surface area contributed by atoms with Crippen molar-refractivity contribution in [3.8, 4) is 5.75 Å². The van der Waals surface area contributed by atoms with Gasteiger partial charge in [0.05, 0.1) is 12.9 Å². The first-order valence-electron chi connectivity index (χ1n) is 10.2. The number of amides is 1. The average molecular weight is 425 g/mol. The highest BCUT2D eigenvalue weighted by Gasteiger charge is 2.51. The third kappa shape index (κ3) is 3.90. The molecule has 0 radical (unpaired) electrons. The van der Waals surface area contributed by atoms with E-state index in [0.717, 1.165) is 10.8 Å². The summed E-state index contributed by atoms with van der Waals surface area (Å²) in [5.41, 5.74) is 0. The third-order valence-electron chi connectivity index (χ3n) is 5.50. The lowest BCUT2D eigenvalue weighted by atomic mass is 9.95. The number of carbonyl (C=O) groups is 1. The quantitative estimate of drug-likeness (QED) is 0.663. The van der Waals surface area contributed by atoms with Gasteiger partial charge in [-0.25, -0.2) is 0 Å². The average Bonchev–Trinajstić information content (AvgIpc) is 3.31. The van der Waals surface area contributed by atoms with Gasteiger partial charge in [0.15, 0.2) is 5.76 Å². The third-order valence-corrected chi connectivity index (χ3v) is 5.50. The molecule has 3 heterocycles. The van der Waals surface area contributed by atoms with Gasteiger partial charge < -0.3 is 33.8 Å². The Morgan fingerprint density at radius 1 is 1.10 bits per heavy atom. The van der Waals surface area contributed by atoms with Crippen LogP contribution in [-0.2, 0) is 19.0 Å². The molecule has 1 aromatic heterocycles. The van der Waals surface area contributed by atoms with Crippen molar-refractivity contribution in [2.24, 2.45) is 0 Å². The molecule has 2 N–H and O–H groups in total. The maximum Gasteiger partial charge on any atom is 0.223 e. The Morgan fingerprint density at radius 3 is 2.74 bits per heavy atom. The second-order valence-electron chi connectivity index (χ2n) is 7.64. The Bertz CT molecular complexity index is 1050. The molecule has 31 heavy (non-hydrogen) atoms. The Balaban J connectivity index is 1.41. The molecule has 2 fully saturated rings. The highest BCUT2D eigenvalue weighted by Crippen LogP contribution is 2.36. The Kier molecular flexibility index (Phi) is 5.37. The van der Waals surface area contributed by atoms with Crippen LogP contribution >= 0.6 is 0 Å². The SMILES string of the molecule is CC(=O)N[C@@H]1[C@H](Oc2cccc3ccccc23)O[C@@H]2CO[C@H](c3ccco3)O[C@H]2[C@@H]1O. The lowest BCUT2D eigenvalue weighted by Gasteiger charge is -2.47. The van der Waals surface area contributed by atoms with Crippen LogP contribution in [0.2, 0.25) is 0 Å². The van der Waals surface area contributed by atoms with E-state index in [4.69, 9.17) is 23.4 Å². The number of rotatable bonds is 4. The molecule has 2 aliphatic rings. The van der Waals surface area contributed by atoms with Crippen LogP contribution in [0.1, 0.15) is 19.0 Å². The topological polar surface area (TPSA) is 99.4 Å². The van der Waals surface area contributed by atoms with E-state index < -0.39 is 36.9 Å². The molecule has 162 valence electrons. The van der Waals surface area contributed by atoms with E-state index in [0.29, 0.717) is 11.5 Å². The Hall–Kier alpha value is -2.91. The van der Waals surface area contributed by atoms with Gasteiger partial charge in [0.2, 0.25) is 18.5 Å². The van der Waals surface area contributed by atoms with Gasteiger partial charge in [-0.3, -0.25) is 4.79 Å². The van der Waals surface area contributed by atoms with E-state index in [2.05, 4.69) is 5.32 Å². The van der Waals surface area contributed by atoms with Crippen LogP contribution in [0.15, 0.2) is 65.3 Å². The van der Waals surface area contributed by atoms with E-state index in [1.165, 1.54) is 13.2 Å². The predicted molar refractivity (Wildman–Crippen MR) is 109 cm³/mol. The summed E-state index contributed by atoms with van der Waals surface area (Å²) in [5, 5.41) is 15.8. The first-order valence-corrected chi connectivity index (χ1v) is 10.2. The zero-order chi connectivity index (χ0) is 21.4. The minimum absolute atomic E-state index is 0.176. The standard InChI is InChI=1S/C23H23NO7/c1-13(25)24-19-20(26)21-18(12-28-22(31-21)17-10-5-11-27-17)30-23(19)29-16-9-4-7-14-6-2-3-8-15(14)16/h2-11,18-23,26H,12H2,1H3,(H,24,25)/t18-,19+,20-,21-,22+,23-/m1/s1. The molecule has 6 atom stereocenters. The number of furan rings is 1. The number of aliphatic hydroxyl groups excluding tert-OH is 1. The van der Waals surface area contributed by atoms with E-state index in [1.807, 2.05) is 42.5 Å². The van der Waals surface area contributed by atoms with Gasteiger partial charge in [-0.15, -0.1) is 0 Å². The molecular formula is C23H23NO7. The molecule has 5 rings (SSSR count). The summed E-state index contributed by atoms with van der Waals surface area (Å²) in [4.78, 5) is 11.9. The zero-order valence-electron chi connectivity index (χ0n) is 16.8. The fourth-order valence-corrected chi connectivity index (χ4v) is 4.07. The number of ether oxygens (including phenoxy) is 4. The minimum atomic E-state index is -1.08. The van der Waals surface area contributed by atoms with Crippen LogP contribution in [0, 0.1) is 0 Å². The zero-order valence-corrected chi connectivity index (χ0v) is 16.8. The summed E-state index contributed by atoms with van der Waals surface area (Å²) in [5.74, 6) is 0.776. The molecule has 0 bridgehead atoms. The lowest BCUT2D eigenvalue weighted by Crippen LogP contribution is -2.67. The second-order valence-corrected chi connectivity index (χ2v) is 7.64. The minimum Gasteiger partial charge on any atom is -0.464 e. The molecule has 2 saturated heterocycles. The highest BCUT2D eigenvalue weighted by molar-refractivity contribution is 5.88. The van der Waals surface area contributed by atoms with E-state index in [9.17, 15) is 9.90 Å². The normalized spacial score (nSPS) is 30.5. The highest BCUT2D eigenvalue weighted by atomic mass is 16.8. The summed E-state index contributed by atoms with van der Waals surface area (Å²) in [6.45, 7) is 1.56.